The third-order valence-electron chi connectivity index (χ3n) is 2.02. The van der Waals surface area contributed by atoms with Crippen LogP contribution in [0.25, 0.3) is 0 Å². The van der Waals surface area contributed by atoms with Gasteiger partial charge in [0.1, 0.15) is 12.0 Å². The minimum atomic E-state index is -1.11. The molecule has 1 aromatic rings. The van der Waals surface area contributed by atoms with E-state index in [2.05, 4.69) is 10.3 Å². The number of pyridine rings is 1. The smallest absolute Gasteiger partial charge is 0.141 e. The number of nitrogen functional groups attached to an aromatic ring is 1. The number of aromatic nitrogens is 1. The van der Waals surface area contributed by atoms with E-state index in [0.29, 0.717) is 5.56 Å². The summed E-state index contributed by atoms with van der Waals surface area (Å²) in [4.78, 5) is 3.85. The molecule has 0 saturated carbocycles. The molecule has 0 saturated heterocycles. The summed E-state index contributed by atoms with van der Waals surface area (Å²) in [5, 5.41) is 3.09. The molecule has 3 N–H and O–H groups in total. The maximum Gasteiger partial charge on any atom is 0.141 e. The fourth-order valence-corrected chi connectivity index (χ4v) is 1.20. The van der Waals surface area contributed by atoms with Crippen LogP contribution in [0.3, 0.4) is 0 Å². The average Bonchev–Trinajstić information content (AvgIpc) is 2.14. The van der Waals surface area contributed by atoms with Crippen molar-refractivity contribution in [2.45, 2.75) is 32.5 Å². The van der Waals surface area contributed by atoms with E-state index >= 15 is 0 Å². The molecule has 0 fully saturated rings. The number of alkyl halides is 1. The minimum Gasteiger partial charge on any atom is -0.383 e. The van der Waals surface area contributed by atoms with Gasteiger partial charge in [0.05, 0.1) is 0 Å². The van der Waals surface area contributed by atoms with Crippen molar-refractivity contribution in [2.24, 2.45) is 0 Å². The molecule has 4 heteroatoms. The van der Waals surface area contributed by atoms with E-state index in [9.17, 15) is 4.39 Å². The van der Waals surface area contributed by atoms with Crippen LogP contribution in [0.4, 0.5) is 10.2 Å². The maximum absolute atomic E-state index is 13.7. The Labute approximate surface area is 89.9 Å². The zero-order chi connectivity index (χ0) is 11.5. The highest BCUT2D eigenvalue weighted by molar-refractivity contribution is 5.40. The Kier molecular flexibility index (Phi) is 3.63. The molecule has 0 aliphatic heterocycles. The van der Waals surface area contributed by atoms with Gasteiger partial charge in [-0.2, -0.15) is 0 Å². The van der Waals surface area contributed by atoms with Gasteiger partial charge >= 0.3 is 0 Å². The van der Waals surface area contributed by atoms with Crippen LogP contribution in [0.15, 0.2) is 18.3 Å². The van der Waals surface area contributed by atoms with Gasteiger partial charge in [-0.05, 0) is 26.8 Å². The molecule has 0 bridgehead atoms. The Morgan fingerprint density at radius 1 is 1.53 bits per heavy atom. The van der Waals surface area contributed by atoms with Crippen LogP contribution in [0.5, 0.6) is 0 Å². The van der Waals surface area contributed by atoms with Crippen molar-refractivity contribution in [1.82, 2.24) is 10.3 Å². The second-order valence-corrected chi connectivity index (χ2v) is 4.58. The molecular formula is C11H18FN3. The van der Waals surface area contributed by atoms with Gasteiger partial charge in [0.15, 0.2) is 0 Å². The fraction of sp³-hybridized carbons (Fsp3) is 0.545. The van der Waals surface area contributed by atoms with Gasteiger partial charge in [0.25, 0.3) is 0 Å². The number of halogens is 1. The largest absolute Gasteiger partial charge is 0.383 e. The fourth-order valence-electron chi connectivity index (χ4n) is 1.20. The molecule has 1 heterocycles. The standard InChI is InChI=1S/C11H18FN3/c1-11(2,3)15-7-9(12)8-5-4-6-14-10(8)13/h4-6,9,15H,7H2,1-3H3,(H2,13,14). The predicted molar refractivity (Wildman–Crippen MR) is 60.3 cm³/mol. The third-order valence-corrected chi connectivity index (χ3v) is 2.02. The Hall–Kier alpha value is -1.16. The summed E-state index contributed by atoms with van der Waals surface area (Å²) >= 11 is 0. The molecular weight excluding hydrogens is 193 g/mol. The van der Waals surface area contributed by atoms with Crippen molar-refractivity contribution in [1.29, 1.82) is 0 Å². The second-order valence-electron chi connectivity index (χ2n) is 4.58. The van der Waals surface area contributed by atoms with E-state index in [1.165, 1.54) is 0 Å². The normalized spacial score (nSPS) is 13.9. The van der Waals surface area contributed by atoms with Crippen LogP contribution in [-0.4, -0.2) is 17.1 Å². The molecule has 0 radical (unpaired) electrons. The van der Waals surface area contributed by atoms with E-state index in [-0.39, 0.29) is 17.9 Å². The van der Waals surface area contributed by atoms with Gasteiger partial charge in [0.2, 0.25) is 0 Å². The van der Waals surface area contributed by atoms with Crippen molar-refractivity contribution < 1.29 is 4.39 Å². The van der Waals surface area contributed by atoms with Crippen molar-refractivity contribution in [3.8, 4) is 0 Å². The van der Waals surface area contributed by atoms with Crippen LogP contribution >= 0.6 is 0 Å². The Morgan fingerprint density at radius 2 is 2.20 bits per heavy atom. The molecule has 1 aromatic heterocycles. The van der Waals surface area contributed by atoms with Gasteiger partial charge in [-0.15, -0.1) is 0 Å². The predicted octanol–water partition coefficient (Wildman–Crippen LogP) is 2.06. The zero-order valence-corrected chi connectivity index (χ0v) is 9.42. The summed E-state index contributed by atoms with van der Waals surface area (Å²) in [5.74, 6) is 0.265. The molecule has 1 unspecified atom stereocenters. The monoisotopic (exact) mass is 211 g/mol. The highest BCUT2D eigenvalue weighted by Crippen LogP contribution is 2.21. The van der Waals surface area contributed by atoms with E-state index in [1.807, 2.05) is 20.8 Å². The summed E-state index contributed by atoms with van der Waals surface area (Å²) in [6.45, 7) is 6.23. The number of nitrogens with one attached hydrogen (secondary N) is 1. The van der Waals surface area contributed by atoms with Crippen LogP contribution < -0.4 is 11.1 Å². The summed E-state index contributed by atoms with van der Waals surface area (Å²) in [6.07, 6.45) is 0.445. The number of anilines is 1. The van der Waals surface area contributed by atoms with Gasteiger partial charge in [-0.1, -0.05) is 6.07 Å². The van der Waals surface area contributed by atoms with E-state index in [1.54, 1.807) is 18.3 Å². The molecule has 0 amide bonds. The highest BCUT2D eigenvalue weighted by atomic mass is 19.1. The van der Waals surface area contributed by atoms with Crippen LogP contribution in [-0.2, 0) is 0 Å². The number of rotatable bonds is 3. The van der Waals surface area contributed by atoms with Crippen molar-refractivity contribution in [2.75, 3.05) is 12.3 Å². The lowest BCUT2D eigenvalue weighted by Gasteiger charge is -2.22. The first-order valence-corrected chi connectivity index (χ1v) is 4.99. The van der Waals surface area contributed by atoms with Crippen LogP contribution in [0.2, 0.25) is 0 Å². The summed E-state index contributed by atoms with van der Waals surface area (Å²) in [7, 11) is 0. The van der Waals surface area contributed by atoms with Gasteiger partial charge in [-0.25, -0.2) is 9.37 Å². The first kappa shape index (κ1) is 11.9. The second kappa shape index (κ2) is 4.57. The molecule has 1 rings (SSSR count). The summed E-state index contributed by atoms with van der Waals surface area (Å²) in [6, 6.07) is 3.35. The molecule has 0 aliphatic carbocycles. The molecule has 3 nitrogen and oxygen atoms in total. The molecule has 1 atom stereocenters. The molecule has 0 aromatic carbocycles. The van der Waals surface area contributed by atoms with Gasteiger partial charge in [-0.3, -0.25) is 0 Å². The zero-order valence-electron chi connectivity index (χ0n) is 9.42. The van der Waals surface area contributed by atoms with Crippen LogP contribution in [0, 0.1) is 0 Å². The molecule has 84 valence electrons. The number of hydrogen-bond donors (Lipinski definition) is 2. The topological polar surface area (TPSA) is 50.9 Å². The van der Waals surface area contributed by atoms with E-state index in [0.717, 1.165) is 0 Å². The van der Waals surface area contributed by atoms with Crippen LogP contribution in [0.1, 0.15) is 32.5 Å². The van der Waals surface area contributed by atoms with Gasteiger partial charge < -0.3 is 11.1 Å². The molecule has 0 aliphatic rings. The maximum atomic E-state index is 13.7. The van der Waals surface area contributed by atoms with E-state index in [4.69, 9.17) is 5.73 Å². The lowest BCUT2D eigenvalue weighted by atomic mass is 10.1. The summed E-state index contributed by atoms with van der Waals surface area (Å²) in [5.41, 5.74) is 5.94. The Morgan fingerprint density at radius 3 is 2.73 bits per heavy atom. The highest BCUT2D eigenvalue weighted by Gasteiger charge is 2.16. The number of nitrogens with two attached hydrogens (primary N) is 1. The lowest BCUT2D eigenvalue weighted by molar-refractivity contribution is 0.292. The first-order chi connectivity index (χ1) is 6.90. The molecule has 0 spiro atoms. The summed E-state index contributed by atoms with van der Waals surface area (Å²) < 4.78 is 13.7. The Balaban J connectivity index is 2.62. The van der Waals surface area contributed by atoms with Crippen molar-refractivity contribution in [3.63, 3.8) is 0 Å². The van der Waals surface area contributed by atoms with Crippen molar-refractivity contribution in [3.05, 3.63) is 23.9 Å². The van der Waals surface area contributed by atoms with Gasteiger partial charge in [0, 0.05) is 23.8 Å². The third kappa shape index (κ3) is 3.83. The SMILES string of the molecule is CC(C)(C)NCC(F)c1cccnc1N. The number of hydrogen-bond acceptors (Lipinski definition) is 3. The quantitative estimate of drug-likeness (QED) is 0.804. The lowest BCUT2D eigenvalue weighted by Crippen LogP contribution is -2.38. The van der Waals surface area contributed by atoms with Crippen molar-refractivity contribution >= 4 is 5.82 Å². The minimum absolute atomic E-state index is 0.0959. The first-order valence-electron chi connectivity index (χ1n) is 4.99. The Bertz CT molecular complexity index is 320. The average molecular weight is 211 g/mol. The molecule has 15 heavy (non-hydrogen) atoms. The van der Waals surface area contributed by atoms with E-state index < -0.39 is 6.17 Å². The number of nitrogens with zero attached hydrogens (tertiary/aromatic N) is 1.